The Hall–Kier alpha value is -5.03. The van der Waals surface area contributed by atoms with Gasteiger partial charge in [-0.25, -0.2) is 9.78 Å². The number of aromatic nitrogens is 1. The second kappa shape index (κ2) is 11.2. The minimum atomic E-state index is -1.36. The Balaban J connectivity index is 1.61. The van der Waals surface area contributed by atoms with Crippen LogP contribution in [0.4, 0.5) is 5.69 Å². The lowest BCUT2D eigenvalue weighted by molar-refractivity contribution is 0.0690. The number of nitrogens with zero attached hydrogens (tertiary/aromatic N) is 1. The van der Waals surface area contributed by atoms with Gasteiger partial charge in [0, 0.05) is 50.5 Å². The molecule has 0 radical (unpaired) electrons. The number of ether oxygens (including phenoxy) is 1. The van der Waals surface area contributed by atoms with E-state index in [1.54, 1.807) is 24.3 Å². The molecule has 1 aliphatic rings. The molecule has 1 aliphatic heterocycles. The van der Waals surface area contributed by atoms with Gasteiger partial charge in [0.1, 0.15) is 18.1 Å². The molecule has 0 aliphatic carbocycles. The highest BCUT2D eigenvalue weighted by Gasteiger charge is 2.27. The summed E-state index contributed by atoms with van der Waals surface area (Å²) in [5.41, 5.74) is 7.86. The summed E-state index contributed by atoms with van der Waals surface area (Å²) in [7, 11) is 0. The Kier molecular flexibility index (Phi) is 7.54. The highest BCUT2D eigenvalue weighted by molar-refractivity contribution is 7.13. The van der Waals surface area contributed by atoms with Crippen molar-refractivity contribution in [1.29, 1.82) is 0 Å². The molecule has 41 heavy (non-hydrogen) atoms. The number of carboxylic acids is 1. The number of aromatic carboxylic acids is 1. The fourth-order valence-electron chi connectivity index (χ4n) is 4.40. The zero-order chi connectivity index (χ0) is 29.3. The smallest absolute Gasteiger partial charge is 0.355 e. The van der Waals surface area contributed by atoms with Crippen molar-refractivity contribution < 1.29 is 29.0 Å². The van der Waals surface area contributed by atoms with E-state index >= 15 is 0 Å². The second-order valence-electron chi connectivity index (χ2n) is 9.85. The fraction of sp³-hybridized carbons (Fsp3) is 0.167. The number of fused-ring (bicyclic) bond motifs is 3. The van der Waals surface area contributed by atoms with Crippen molar-refractivity contribution in [3.63, 3.8) is 0 Å². The molecule has 0 saturated heterocycles. The number of nitrogens with one attached hydrogen (secondary N) is 2. The van der Waals surface area contributed by atoms with Crippen LogP contribution in [0.25, 0.3) is 21.6 Å². The number of benzene rings is 2. The molecule has 3 amide bonds. The predicted octanol–water partition coefficient (Wildman–Crippen LogP) is 4.80. The van der Waals surface area contributed by atoms with Gasteiger partial charge in [-0.15, -0.1) is 11.3 Å². The third-order valence-corrected chi connectivity index (χ3v) is 7.45. The average Bonchev–Trinajstić information content (AvgIpc) is 3.44. The van der Waals surface area contributed by atoms with Crippen molar-refractivity contribution in [2.75, 3.05) is 11.9 Å². The molecule has 11 heteroatoms. The first-order valence-electron chi connectivity index (χ1n) is 12.7. The first-order chi connectivity index (χ1) is 19.6. The first-order valence-corrected chi connectivity index (χ1v) is 13.6. The summed E-state index contributed by atoms with van der Waals surface area (Å²) in [5, 5.41) is 17.5. The number of thiophene rings is 1. The van der Waals surface area contributed by atoms with Crippen LogP contribution in [-0.2, 0) is 6.61 Å². The molecule has 4 aromatic rings. The van der Waals surface area contributed by atoms with Gasteiger partial charge < -0.3 is 26.2 Å². The standard InChI is InChI=1S/C30H26N4O6S/c1-15(2)13-32-29(37)23-8-7-19(25(34-23)30(38)39)20-12-24-22(26-17(14-40-24)9-10-41-26)11-21(20)28(36)33-18-5-3-16(4-6-18)27(31)35/h3-12,15H,13-14H2,1-2H3,(H2,31,35)(H,32,37)(H,33,36)(H,38,39). The van der Waals surface area contributed by atoms with Crippen LogP contribution in [0, 0.1) is 5.92 Å². The fourth-order valence-corrected chi connectivity index (χ4v) is 5.33. The normalized spacial score (nSPS) is 11.7. The van der Waals surface area contributed by atoms with Gasteiger partial charge in [0.2, 0.25) is 5.91 Å². The van der Waals surface area contributed by atoms with Crippen LogP contribution in [0.15, 0.2) is 60.0 Å². The van der Waals surface area contributed by atoms with Gasteiger partial charge in [0.05, 0.1) is 0 Å². The lowest BCUT2D eigenvalue weighted by atomic mass is 9.92. The number of amides is 3. The summed E-state index contributed by atoms with van der Waals surface area (Å²) in [6.07, 6.45) is 0. The highest BCUT2D eigenvalue weighted by Crippen LogP contribution is 2.44. The van der Waals surface area contributed by atoms with Gasteiger partial charge in [0.15, 0.2) is 5.69 Å². The molecule has 5 rings (SSSR count). The summed E-state index contributed by atoms with van der Waals surface area (Å²) in [6.45, 7) is 4.62. The summed E-state index contributed by atoms with van der Waals surface area (Å²) in [5.74, 6) is -2.28. The Morgan fingerprint density at radius 3 is 2.44 bits per heavy atom. The molecular weight excluding hydrogens is 544 g/mol. The molecule has 0 bridgehead atoms. The maximum Gasteiger partial charge on any atom is 0.355 e. The monoisotopic (exact) mass is 570 g/mol. The van der Waals surface area contributed by atoms with Crippen LogP contribution in [0.5, 0.6) is 5.75 Å². The van der Waals surface area contributed by atoms with Gasteiger partial charge in [-0.3, -0.25) is 14.4 Å². The number of rotatable bonds is 8. The van der Waals surface area contributed by atoms with Crippen LogP contribution in [0.3, 0.4) is 0 Å². The molecule has 5 N–H and O–H groups in total. The van der Waals surface area contributed by atoms with E-state index in [1.807, 2.05) is 25.3 Å². The van der Waals surface area contributed by atoms with Crippen LogP contribution < -0.4 is 21.1 Å². The van der Waals surface area contributed by atoms with E-state index in [2.05, 4.69) is 15.6 Å². The molecule has 0 atom stereocenters. The van der Waals surface area contributed by atoms with Crippen molar-refractivity contribution in [2.45, 2.75) is 20.5 Å². The molecule has 0 unspecified atom stereocenters. The number of primary amides is 1. The maximum atomic E-state index is 13.7. The minimum Gasteiger partial charge on any atom is -0.488 e. The number of hydrogen-bond acceptors (Lipinski definition) is 7. The summed E-state index contributed by atoms with van der Waals surface area (Å²) in [4.78, 5) is 55.2. The number of anilines is 1. The molecule has 2 aromatic carbocycles. The lowest BCUT2D eigenvalue weighted by Crippen LogP contribution is -2.28. The Morgan fingerprint density at radius 1 is 1.00 bits per heavy atom. The number of pyridine rings is 1. The van der Waals surface area contributed by atoms with Crippen molar-refractivity contribution in [2.24, 2.45) is 11.7 Å². The molecular formula is C30H26N4O6S. The molecule has 0 fully saturated rings. The van der Waals surface area contributed by atoms with Crippen LogP contribution >= 0.6 is 11.3 Å². The first kappa shape index (κ1) is 27.5. The largest absolute Gasteiger partial charge is 0.488 e. The second-order valence-corrected chi connectivity index (χ2v) is 10.8. The number of nitrogens with two attached hydrogens (primary N) is 1. The molecule has 208 valence electrons. The molecule has 0 spiro atoms. The van der Waals surface area contributed by atoms with Gasteiger partial charge in [-0.2, -0.15) is 0 Å². The maximum absolute atomic E-state index is 13.7. The van der Waals surface area contributed by atoms with Crippen molar-refractivity contribution in [1.82, 2.24) is 10.3 Å². The molecule has 2 aromatic heterocycles. The van der Waals surface area contributed by atoms with Gasteiger partial charge in [-0.05, 0) is 65.9 Å². The van der Waals surface area contributed by atoms with Crippen molar-refractivity contribution >= 4 is 40.7 Å². The van der Waals surface area contributed by atoms with Crippen molar-refractivity contribution in [3.8, 4) is 27.3 Å². The highest BCUT2D eigenvalue weighted by atomic mass is 32.1. The van der Waals surface area contributed by atoms with E-state index in [4.69, 9.17) is 10.5 Å². The molecule has 3 heterocycles. The summed E-state index contributed by atoms with van der Waals surface area (Å²) in [6, 6.07) is 14.2. The SMILES string of the molecule is CC(C)CNC(=O)c1ccc(-c2cc3c(cc2C(=O)Nc2ccc(C(N)=O)cc2)-c2sccc2CO3)c(C(=O)O)n1. The number of carbonyl (C=O) groups is 4. The van der Waals surface area contributed by atoms with E-state index in [9.17, 15) is 24.3 Å². The zero-order valence-corrected chi connectivity index (χ0v) is 23.0. The van der Waals surface area contributed by atoms with Gasteiger partial charge in [0.25, 0.3) is 11.8 Å². The van der Waals surface area contributed by atoms with E-state index in [0.717, 1.165) is 10.4 Å². The van der Waals surface area contributed by atoms with E-state index < -0.39 is 23.7 Å². The average molecular weight is 571 g/mol. The third-order valence-electron chi connectivity index (χ3n) is 6.46. The van der Waals surface area contributed by atoms with Gasteiger partial charge in [-0.1, -0.05) is 13.8 Å². The van der Waals surface area contributed by atoms with Crippen LogP contribution in [0.1, 0.15) is 61.1 Å². The minimum absolute atomic E-state index is 0.0511. The van der Waals surface area contributed by atoms with Gasteiger partial charge >= 0.3 is 5.97 Å². The van der Waals surface area contributed by atoms with E-state index in [-0.39, 0.29) is 39.6 Å². The Morgan fingerprint density at radius 2 is 1.76 bits per heavy atom. The quantitative estimate of drug-likeness (QED) is 0.236. The number of hydrogen-bond donors (Lipinski definition) is 4. The molecule has 0 saturated carbocycles. The molecule has 10 nitrogen and oxygen atoms in total. The summed E-state index contributed by atoms with van der Waals surface area (Å²) < 4.78 is 5.97. The van der Waals surface area contributed by atoms with Crippen LogP contribution in [0.2, 0.25) is 0 Å². The Bertz CT molecular complexity index is 1690. The topological polar surface area (TPSA) is 161 Å². The number of carbonyl (C=O) groups excluding carboxylic acids is 3. The van der Waals surface area contributed by atoms with Crippen molar-refractivity contribution in [3.05, 3.63) is 88.1 Å². The third kappa shape index (κ3) is 5.66. The number of carboxylic acid groups (broad SMARTS) is 1. The lowest BCUT2D eigenvalue weighted by Gasteiger charge is -2.21. The van der Waals surface area contributed by atoms with E-state index in [1.165, 1.54) is 35.6 Å². The predicted molar refractivity (Wildman–Crippen MR) is 154 cm³/mol. The Labute approximate surface area is 239 Å². The zero-order valence-electron chi connectivity index (χ0n) is 22.2. The van der Waals surface area contributed by atoms with E-state index in [0.29, 0.717) is 30.2 Å². The summed E-state index contributed by atoms with van der Waals surface area (Å²) >= 11 is 1.51. The van der Waals surface area contributed by atoms with Crippen LogP contribution in [-0.4, -0.2) is 40.3 Å².